The van der Waals surface area contributed by atoms with Gasteiger partial charge in [0.25, 0.3) is 5.91 Å². The Kier molecular flexibility index (Phi) is 7.26. The smallest absolute Gasteiger partial charge is 0.534 e. The van der Waals surface area contributed by atoms with Gasteiger partial charge in [-0.15, -0.1) is 0 Å². The maximum Gasteiger partial charge on any atom is 0.547 e. The van der Waals surface area contributed by atoms with Gasteiger partial charge in [-0.25, -0.2) is 14.6 Å². The van der Waals surface area contributed by atoms with E-state index in [2.05, 4.69) is 20.0 Å². The number of carbonyl (C=O) groups excluding carboxylic acids is 4. The van der Waals surface area contributed by atoms with Crippen LogP contribution in [-0.4, -0.2) is 91.7 Å². The third kappa shape index (κ3) is 5.17. The molecule has 17 heteroatoms. The summed E-state index contributed by atoms with van der Waals surface area (Å²) in [5.41, 5.74) is 5.93. The monoisotopic (exact) mass is 531 g/mol. The van der Waals surface area contributed by atoms with Gasteiger partial charge < -0.3 is 36.1 Å². The lowest BCUT2D eigenvalue weighted by Crippen LogP contribution is -2.60. The van der Waals surface area contributed by atoms with Crippen LogP contribution in [0.5, 0.6) is 5.75 Å². The van der Waals surface area contributed by atoms with E-state index in [0.29, 0.717) is 17.0 Å². The Morgan fingerprint density at radius 3 is 2.70 bits per heavy atom. The van der Waals surface area contributed by atoms with Crippen LogP contribution in [0.2, 0.25) is 0 Å². The number of nitrogens with zero attached hydrogens (tertiary/aromatic N) is 4. The van der Waals surface area contributed by atoms with Crippen LogP contribution in [0.3, 0.4) is 0 Å². The van der Waals surface area contributed by atoms with Crippen molar-refractivity contribution >= 4 is 53.5 Å². The summed E-state index contributed by atoms with van der Waals surface area (Å²) in [5, 5.41) is 24.7. The van der Waals surface area contributed by atoms with Crippen molar-refractivity contribution in [1.29, 1.82) is 0 Å². The number of carboxylic acid groups (broad SMARTS) is 1. The lowest BCUT2D eigenvalue weighted by molar-refractivity contribution is -0.153. The maximum atomic E-state index is 13.2. The number of nitrogens with one attached hydrogen (secondary N) is 2. The fourth-order valence-corrected chi connectivity index (χ4v) is 4.43. The van der Waals surface area contributed by atoms with Crippen LogP contribution in [0.1, 0.15) is 34.7 Å². The number of amides is 5. The van der Waals surface area contributed by atoms with Crippen molar-refractivity contribution in [2.24, 2.45) is 0 Å². The van der Waals surface area contributed by atoms with Crippen LogP contribution in [0.4, 0.5) is 9.93 Å². The fraction of sp³-hybridized carbons (Fsp3) is 0.350. The van der Waals surface area contributed by atoms with Gasteiger partial charge in [-0.1, -0.05) is 12.1 Å². The number of hydrogen-bond acceptors (Lipinski definition) is 11. The maximum absolute atomic E-state index is 13.2. The van der Waals surface area contributed by atoms with E-state index in [1.807, 2.05) is 0 Å². The van der Waals surface area contributed by atoms with E-state index in [-0.39, 0.29) is 41.8 Å². The zero-order chi connectivity index (χ0) is 26.9. The lowest BCUT2D eigenvalue weighted by atomic mass is 9.72. The molecule has 1 fully saturated rings. The number of imide groups is 1. The largest absolute Gasteiger partial charge is 0.547 e. The number of carboxylic acids is 1. The summed E-state index contributed by atoms with van der Waals surface area (Å²) in [7, 11) is -1.61. The van der Waals surface area contributed by atoms with E-state index < -0.39 is 48.8 Å². The molecule has 15 nitrogen and oxygen atoms in total. The van der Waals surface area contributed by atoms with Crippen molar-refractivity contribution in [2.75, 3.05) is 25.4 Å². The number of benzene rings is 1. The molecule has 0 saturated carbocycles. The van der Waals surface area contributed by atoms with Gasteiger partial charge in [0.15, 0.2) is 17.0 Å². The first kappa shape index (κ1) is 25.8. The summed E-state index contributed by atoms with van der Waals surface area (Å²) in [6.45, 7) is 2.06. The number of urea groups is 1. The summed E-state index contributed by atoms with van der Waals surface area (Å²) in [5.74, 6) is -5.20. The molecule has 0 spiro atoms. The lowest BCUT2D eigenvalue weighted by Gasteiger charge is -2.33. The molecule has 2 aromatic rings. The SMILES string of the molecule is CCN1CCN(C(=O)NC(C(=O)N[C@H]2Cc3cccc(C(=O)O)c3OB2O)c2nsc(N)n2)C(=O)C1=O. The van der Waals surface area contributed by atoms with E-state index in [1.165, 1.54) is 17.0 Å². The number of rotatable bonds is 6. The molecule has 37 heavy (non-hydrogen) atoms. The predicted molar refractivity (Wildman–Crippen MR) is 127 cm³/mol. The minimum absolute atomic E-state index is 0.0128. The Morgan fingerprint density at radius 2 is 2.05 bits per heavy atom. The number of likely N-dealkylation sites (N-methyl/N-ethyl adjacent to an activating group) is 1. The second kappa shape index (κ2) is 10.4. The van der Waals surface area contributed by atoms with Crippen molar-refractivity contribution in [1.82, 2.24) is 29.8 Å². The highest BCUT2D eigenvalue weighted by Crippen LogP contribution is 2.30. The summed E-state index contributed by atoms with van der Waals surface area (Å²) in [4.78, 5) is 68.1. The summed E-state index contributed by atoms with van der Waals surface area (Å²) in [6, 6.07) is 1.87. The van der Waals surface area contributed by atoms with Crippen molar-refractivity contribution in [2.45, 2.75) is 25.3 Å². The highest BCUT2D eigenvalue weighted by atomic mass is 32.1. The van der Waals surface area contributed by atoms with E-state index in [4.69, 9.17) is 10.4 Å². The van der Waals surface area contributed by atoms with Gasteiger partial charge in [0.2, 0.25) is 0 Å². The Labute approximate surface area is 213 Å². The second-order valence-corrected chi connectivity index (χ2v) is 8.92. The molecule has 3 heterocycles. The van der Waals surface area contributed by atoms with Gasteiger partial charge in [0, 0.05) is 31.2 Å². The van der Waals surface area contributed by atoms with Gasteiger partial charge in [-0.2, -0.15) is 4.37 Å². The number of anilines is 1. The second-order valence-electron chi connectivity index (χ2n) is 8.14. The summed E-state index contributed by atoms with van der Waals surface area (Å²) in [6.07, 6.45) is 0.0165. The van der Waals surface area contributed by atoms with E-state index >= 15 is 0 Å². The van der Waals surface area contributed by atoms with Crippen LogP contribution in [0, 0.1) is 0 Å². The molecular formula is C20H22BN7O8S. The molecule has 0 aliphatic carbocycles. The number of hydrogen-bond donors (Lipinski definition) is 5. The molecule has 2 aliphatic heterocycles. The van der Waals surface area contributed by atoms with Crippen LogP contribution >= 0.6 is 11.5 Å². The first-order valence-corrected chi connectivity index (χ1v) is 11.9. The quantitative estimate of drug-likeness (QED) is 0.211. The van der Waals surface area contributed by atoms with Crippen LogP contribution in [0.25, 0.3) is 0 Å². The Bertz CT molecular complexity index is 1270. The fourth-order valence-electron chi connectivity index (χ4n) is 3.97. The van der Waals surface area contributed by atoms with Crippen LogP contribution < -0.4 is 21.0 Å². The molecule has 2 atom stereocenters. The van der Waals surface area contributed by atoms with Gasteiger partial charge in [-0.3, -0.25) is 19.3 Å². The van der Waals surface area contributed by atoms with Gasteiger partial charge in [0.1, 0.15) is 5.75 Å². The Balaban J connectivity index is 1.52. The number of nitrogen functional groups attached to an aromatic ring is 1. The minimum atomic E-state index is -1.61. The normalized spacial score (nSPS) is 18.1. The Morgan fingerprint density at radius 1 is 1.30 bits per heavy atom. The van der Waals surface area contributed by atoms with E-state index in [1.54, 1.807) is 13.0 Å². The van der Waals surface area contributed by atoms with E-state index in [9.17, 15) is 34.1 Å². The van der Waals surface area contributed by atoms with Gasteiger partial charge in [0.05, 0.1) is 11.5 Å². The van der Waals surface area contributed by atoms with Crippen molar-refractivity contribution in [3.8, 4) is 5.75 Å². The summed E-state index contributed by atoms with van der Waals surface area (Å²) < 4.78 is 9.34. The summed E-state index contributed by atoms with van der Waals surface area (Å²) >= 11 is 0.773. The average molecular weight is 531 g/mol. The Hall–Kier alpha value is -4.25. The molecule has 6 N–H and O–H groups in total. The molecule has 1 aromatic carbocycles. The third-order valence-corrected chi connectivity index (χ3v) is 6.42. The van der Waals surface area contributed by atoms with E-state index in [0.717, 1.165) is 11.5 Å². The number of piperazine rings is 1. The number of nitrogens with two attached hydrogens (primary N) is 1. The number of carbonyl (C=O) groups is 5. The van der Waals surface area contributed by atoms with Crippen molar-refractivity contribution < 1.29 is 38.8 Å². The van der Waals surface area contributed by atoms with Crippen LogP contribution in [0.15, 0.2) is 18.2 Å². The van der Waals surface area contributed by atoms with Crippen LogP contribution in [-0.2, 0) is 20.8 Å². The predicted octanol–water partition coefficient (Wildman–Crippen LogP) is -1.60. The molecule has 1 saturated heterocycles. The molecule has 1 aromatic heterocycles. The molecule has 2 aliphatic rings. The number of aromatic carboxylic acids is 1. The van der Waals surface area contributed by atoms with Crippen molar-refractivity contribution in [3.63, 3.8) is 0 Å². The topological polar surface area (TPSA) is 217 Å². The minimum Gasteiger partial charge on any atom is -0.534 e. The average Bonchev–Trinajstić information content (AvgIpc) is 3.29. The molecular weight excluding hydrogens is 509 g/mol. The molecule has 1 unspecified atom stereocenters. The molecule has 4 rings (SSSR count). The first-order chi connectivity index (χ1) is 17.6. The zero-order valence-electron chi connectivity index (χ0n) is 19.4. The van der Waals surface area contributed by atoms with Gasteiger partial charge in [-0.05, 0) is 25.0 Å². The molecule has 194 valence electrons. The third-order valence-electron chi connectivity index (χ3n) is 5.86. The van der Waals surface area contributed by atoms with Crippen molar-refractivity contribution in [3.05, 3.63) is 35.2 Å². The number of aromatic nitrogens is 2. The first-order valence-electron chi connectivity index (χ1n) is 11.1. The molecule has 5 amide bonds. The highest BCUT2D eigenvalue weighted by Gasteiger charge is 2.41. The number of para-hydroxylation sites is 1. The highest BCUT2D eigenvalue weighted by molar-refractivity contribution is 7.09. The standard InChI is InChI=1S/C20H22BN7O8S/c1-2-27-6-7-28(17(31)16(27)30)20(34)24-12(14-25-19(22)37-26-14)15(29)23-11-8-9-4-3-5-10(18(32)33)13(9)36-21(11)35/h3-5,11-12,35H,2,6-8H2,1H3,(H,23,29)(H,24,34)(H,32,33)(H2,22,25,26)/t11-,12?/m0/s1. The zero-order valence-corrected chi connectivity index (χ0v) is 20.2. The number of fused-ring (bicyclic) bond motifs is 1. The van der Waals surface area contributed by atoms with Gasteiger partial charge >= 0.3 is 30.9 Å². The molecule has 0 bridgehead atoms. The molecule has 0 radical (unpaired) electrons.